The van der Waals surface area contributed by atoms with Gasteiger partial charge >= 0.3 is 0 Å². The molecule has 1 rings (SSSR count). The van der Waals surface area contributed by atoms with E-state index in [1.807, 2.05) is 14.1 Å². The zero-order valence-electron chi connectivity index (χ0n) is 8.39. The molecule has 0 aromatic rings. The fourth-order valence-electron chi connectivity index (χ4n) is 2.11. The average molecular weight is 169 g/mol. The van der Waals surface area contributed by atoms with Gasteiger partial charge in [-0.15, -0.1) is 0 Å². The van der Waals surface area contributed by atoms with Crippen LogP contribution >= 0.6 is 0 Å². The van der Waals surface area contributed by atoms with Crippen LogP contribution in [0.25, 0.3) is 0 Å². The van der Waals surface area contributed by atoms with Gasteiger partial charge in [-0.05, 0) is 26.9 Å². The van der Waals surface area contributed by atoms with Gasteiger partial charge in [0.25, 0.3) is 0 Å². The molecule has 2 nitrogen and oxygen atoms in total. The molecular formula is C10H19NO. The number of hydrogen-bond acceptors (Lipinski definition) is 2. The molecule has 1 aliphatic rings. The van der Waals surface area contributed by atoms with Crippen molar-refractivity contribution in [2.24, 2.45) is 5.41 Å². The number of ketones is 1. The molecule has 0 radical (unpaired) electrons. The molecular weight excluding hydrogens is 150 g/mol. The Kier molecular flexibility index (Phi) is 2.89. The molecule has 0 saturated heterocycles. The molecule has 1 fully saturated rings. The molecule has 1 atom stereocenters. The standard InChI is InChI=1S/C10H19NO/c1-10(8-11(2)3)7-5-4-6-9(10)12/h4-8H2,1-3H3/t10-/m0/s1. The molecule has 70 valence electrons. The highest BCUT2D eigenvalue weighted by Crippen LogP contribution is 2.32. The van der Waals surface area contributed by atoms with Gasteiger partial charge in [-0.2, -0.15) is 0 Å². The lowest BCUT2D eigenvalue weighted by Gasteiger charge is -2.34. The van der Waals surface area contributed by atoms with Crippen LogP contribution in [-0.4, -0.2) is 31.3 Å². The highest BCUT2D eigenvalue weighted by molar-refractivity contribution is 5.85. The zero-order chi connectivity index (χ0) is 9.19. The van der Waals surface area contributed by atoms with Gasteiger partial charge < -0.3 is 4.90 Å². The minimum atomic E-state index is -0.0538. The molecule has 12 heavy (non-hydrogen) atoms. The van der Waals surface area contributed by atoms with Crippen LogP contribution < -0.4 is 0 Å². The van der Waals surface area contributed by atoms with E-state index < -0.39 is 0 Å². The maximum absolute atomic E-state index is 11.6. The second kappa shape index (κ2) is 3.56. The van der Waals surface area contributed by atoms with E-state index in [0.29, 0.717) is 5.78 Å². The molecule has 0 aromatic heterocycles. The third-order valence-electron chi connectivity index (χ3n) is 2.72. The molecule has 0 spiro atoms. The monoisotopic (exact) mass is 169 g/mol. The van der Waals surface area contributed by atoms with Crippen LogP contribution in [0.3, 0.4) is 0 Å². The van der Waals surface area contributed by atoms with Crippen molar-refractivity contribution in [3.8, 4) is 0 Å². The zero-order valence-corrected chi connectivity index (χ0v) is 8.39. The van der Waals surface area contributed by atoms with Crippen LogP contribution in [0.1, 0.15) is 32.6 Å². The van der Waals surface area contributed by atoms with Crippen molar-refractivity contribution >= 4 is 5.78 Å². The van der Waals surface area contributed by atoms with Crippen LogP contribution in [-0.2, 0) is 4.79 Å². The number of nitrogens with zero attached hydrogens (tertiary/aromatic N) is 1. The fourth-order valence-corrected chi connectivity index (χ4v) is 2.11. The van der Waals surface area contributed by atoms with Crippen molar-refractivity contribution in [3.63, 3.8) is 0 Å². The second-order valence-corrected chi connectivity index (χ2v) is 4.43. The van der Waals surface area contributed by atoms with E-state index >= 15 is 0 Å². The van der Waals surface area contributed by atoms with E-state index in [1.54, 1.807) is 0 Å². The first kappa shape index (κ1) is 9.72. The van der Waals surface area contributed by atoms with Gasteiger partial charge in [0, 0.05) is 18.4 Å². The Morgan fingerprint density at radius 1 is 1.42 bits per heavy atom. The largest absolute Gasteiger partial charge is 0.308 e. The van der Waals surface area contributed by atoms with Crippen molar-refractivity contribution in [1.82, 2.24) is 4.90 Å². The van der Waals surface area contributed by atoms with Crippen LogP contribution in [0.5, 0.6) is 0 Å². The predicted octanol–water partition coefficient (Wildman–Crippen LogP) is 1.70. The van der Waals surface area contributed by atoms with Crippen molar-refractivity contribution in [2.45, 2.75) is 32.6 Å². The Hall–Kier alpha value is -0.370. The molecule has 1 saturated carbocycles. The van der Waals surface area contributed by atoms with Gasteiger partial charge in [0.1, 0.15) is 5.78 Å². The van der Waals surface area contributed by atoms with Crippen LogP contribution in [0, 0.1) is 5.41 Å². The minimum absolute atomic E-state index is 0.0538. The van der Waals surface area contributed by atoms with Crippen molar-refractivity contribution in [3.05, 3.63) is 0 Å². The van der Waals surface area contributed by atoms with E-state index in [0.717, 1.165) is 25.8 Å². The molecule has 0 aromatic carbocycles. The molecule has 2 heteroatoms. The first-order valence-electron chi connectivity index (χ1n) is 4.73. The summed E-state index contributed by atoms with van der Waals surface area (Å²) in [4.78, 5) is 13.7. The topological polar surface area (TPSA) is 20.3 Å². The van der Waals surface area contributed by atoms with Crippen molar-refractivity contribution in [1.29, 1.82) is 0 Å². The highest BCUT2D eigenvalue weighted by Gasteiger charge is 2.35. The van der Waals surface area contributed by atoms with E-state index in [9.17, 15) is 4.79 Å². The number of carbonyl (C=O) groups is 1. The van der Waals surface area contributed by atoms with Crippen LogP contribution in [0.15, 0.2) is 0 Å². The van der Waals surface area contributed by atoms with Crippen LogP contribution in [0.2, 0.25) is 0 Å². The fraction of sp³-hybridized carbons (Fsp3) is 0.900. The maximum Gasteiger partial charge on any atom is 0.140 e. The predicted molar refractivity (Wildman–Crippen MR) is 50.1 cm³/mol. The Labute approximate surface area is 74.9 Å². The smallest absolute Gasteiger partial charge is 0.140 e. The van der Waals surface area contributed by atoms with Gasteiger partial charge in [-0.1, -0.05) is 13.3 Å². The summed E-state index contributed by atoms with van der Waals surface area (Å²) in [6, 6.07) is 0. The summed E-state index contributed by atoms with van der Waals surface area (Å²) in [5.74, 6) is 0.461. The van der Waals surface area contributed by atoms with Crippen LogP contribution in [0.4, 0.5) is 0 Å². The second-order valence-electron chi connectivity index (χ2n) is 4.43. The lowest BCUT2D eigenvalue weighted by molar-refractivity contribution is -0.131. The van der Waals surface area contributed by atoms with Gasteiger partial charge in [0.15, 0.2) is 0 Å². The Morgan fingerprint density at radius 2 is 2.08 bits per heavy atom. The highest BCUT2D eigenvalue weighted by atomic mass is 16.1. The molecule has 0 bridgehead atoms. The molecule has 0 amide bonds. The summed E-state index contributed by atoms with van der Waals surface area (Å²) in [7, 11) is 4.07. The summed E-state index contributed by atoms with van der Waals surface area (Å²) >= 11 is 0. The molecule has 0 N–H and O–H groups in total. The van der Waals surface area contributed by atoms with E-state index in [2.05, 4.69) is 11.8 Å². The van der Waals surface area contributed by atoms with E-state index in [4.69, 9.17) is 0 Å². The maximum atomic E-state index is 11.6. The van der Waals surface area contributed by atoms with Gasteiger partial charge in [-0.25, -0.2) is 0 Å². The summed E-state index contributed by atoms with van der Waals surface area (Å²) in [6.07, 6.45) is 4.19. The Bertz CT molecular complexity index is 177. The third-order valence-corrected chi connectivity index (χ3v) is 2.72. The van der Waals surface area contributed by atoms with Gasteiger partial charge in [0.2, 0.25) is 0 Å². The summed E-state index contributed by atoms with van der Waals surface area (Å²) < 4.78 is 0. The quantitative estimate of drug-likeness (QED) is 0.627. The minimum Gasteiger partial charge on any atom is -0.308 e. The molecule has 1 aliphatic carbocycles. The summed E-state index contributed by atoms with van der Waals surface area (Å²) in [6.45, 7) is 3.01. The number of Topliss-reactive ketones (excluding diaryl/α,β-unsaturated/α-hetero) is 1. The molecule has 0 aliphatic heterocycles. The van der Waals surface area contributed by atoms with Crippen molar-refractivity contribution < 1.29 is 4.79 Å². The Morgan fingerprint density at radius 3 is 2.58 bits per heavy atom. The lowest BCUT2D eigenvalue weighted by Crippen LogP contribution is -2.40. The first-order valence-corrected chi connectivity index (χ1v) is 4.73. The summed E-state index contributed by atoms with van der Waals surface area (Å²) in [5.41, 5.74) is -0.0538. The van der Waals surface area contributed by atoms with Crippen molar-refractivity contribution in [2.75, 3.05) is 20.6 Å². The first-order chi connectivity index (χ1) is 5.54. The SMILES string of the molecule is CN(C)C[C@]1(C)CCCCC1=O. The van der Waals surface area contributed by atoms with E-state index in [1.165, 1.54) is 6.42 Å². The summed E-state index contributed by atoms with van der Waals surface area (Å²) in [5, 5.41) is 0. The third kappa shape index (κ3) is 2.07. The number of hydrogen-bond donors (Lipinski definition) is 0. The Balaban J connectivity index is 2.59. The number of rotatable bonds is 2. The average Bonchev–Trinajstić information content (AvgIpc) is 1.94. The normalized spacial score (nSPS) is 31.2. The molecule has 0 heterocycles. The lowest BCUT2D eigenvalue weighted by atomic mass is 9.74. The van der Waals surface area contributed by atoms with Gasteiger partial charge in [-0.3, -0.25) is 4.79 Å². The van der Waals surface area contributed by atoms with E-state index in [-0.39, 0.29) is 5.41 Å². The van der Waals surface area contributed by atoms with Gasteiger partial charge in [0.05, 0.1) is 0 Å². The number of carbonyl (C=O) groups excluding carboxylic acids is 1. The molecule has 0 unspecified atom stereocenters.